The van der Waals surface area contributed by atoms with Gasteiger partial charge in [-0.15, -0.1) is 0 Å². The Morgan fingerprint density at radius 2 is 1.86 bits per heavy atom. The first-order valence-corrected chi connectivity index (χ1v) is 7.40. The number of carbonyl (C=O) groups is 3. The lowest BCUT2D eigenvalue weighted by Gasteiger charge is -2.31. The summed E-state index contributed by atoms with van der Waals surface area (Å²) in [4.78, 5) is 37.8. The minimum absolute atomic E-state index is 0.125. The van der Waals surface area contributed by atoms with Gasteiger partial charge < -0.3 is 5.32 Å². The minimum Gasteiger partial charge on any atom is -0.328 e. The summed E-state index contributed by atoms with van der Waals surface area (Å²) in [7, 11) is 0. The molecule has 1 fully saturated rings. The number of carbonyl (C=O) groups excluding carboxylic acids is 3. The Morgan fingerprint density at radius 3 is 2.50 bits per heavy atom. The van der Waals surface area contributed by atoms with Crippen LogP contribution in [0.15, 0.2) is 30.5 Å². The number of imide groups is 1. The second-order valence-electron chi connectivity index (χ2n) is 6.07. The molecule has 1 aromatic rings. The highest BCUT2D eigenvalue weighted by Crippen LogP contribution is 2.31. The van der Waals surface area contributed by atoms with Crippen LogP contribution in [0.1, 0.15) is 58.9 Å². The number of nitrogens with zero attached hydrogens (tertiary/aromatic N) is 1. The Morgan fingerprint density at radius 1 is 1.18 bits per heavy atom. The number of rotatable bonds is 2. The summed E-state index contributed by atoms with van der Waals surface area (Å²) < 4.78 is 0. The van der Waals surface area contributed by atoms with Crippen LogP contribution in [0.5, 0.6) is 0 Å². The van der Waals surface area contributed by atoms with Crippen molar-refractivity contribution < 1.29 is 14.4 Å². The Labute approximate surface area is 129 Å². The third-order valence-corrected chi connectivity index (χ3v) is 4.27. The van der Waals surface area contributed by atoms with Crippen molar-refractivity contribution in [3.05, 3.63) is 47.2 Å². The molecular formula is C17H18N2O3. The molecule has 0 spiro atoms. The summed E-state index contributed by atoms with van der Waals surface area (Å²) in [6, 6.07) is 4.93. The summed E-state index contributed by atoms with van der Waals surface area (Å²) in [5.74, 6) is -0.450. The van der Waals surface area contributed by atoms with Gasteiger partial charge in [0.25, 0.3) is 11.8 Å². The minimum atomic E-state index is -0.465. The van der Waals surface area contributed by atoms with E-state index < -0.39 is 6.04 Å². The topological polar surface area (TPSA) is 66.5 Å². The van der Waals surface area contributed by atoms with Crippen molar-refractivity contribution in [2.75, 3.05) is 0 Å². The van der Waals surface area contributed by atoms with E-state index >= 15 is 0 Å². The molecule has 5 heteroatoms. The maximum absolute atomic E-state index is 12.7. The van der Waals surface area contributed by atoms with Gasteiger partial charge in [-0.2, -0.15) is 0 Å². The maximum Gasteiger partial charge on any atom is 0.262 e. The van der Waals surface area contributed by atoms with Crippen LogP contribution in [0.4, 0.5) is 0 Å². The average molecular weight is 298 g/mol. The smallest absolute Gasteiger partial charge is 0.262 e. The van der Waals surface area contributed by atoms with E-state index in [-0.39, 0.29) is 30.1 Å². The van der Waals surface area contributed by atoms with Crippen LogP contribution in [0.2, 0.25) is 0 Å². The van der Waals surface area contributed by atoms with Crippen LogP contribution in [0.25, 0.3) is 0 Å². The van der Waals surface area contributed by atoms with Crippen molar-refractivity contribution in [2.24, 2.45) is 0 Å². The first kappa shape index (κ1) is 14.5. The fraction of sp³-hybridized carbons (Fsp3) is 0.353. The zero-order chi connectivity index (χ0) is 16.0. The van der Waals surface area contributed by atoms with Gasteiger partial charge in [-0.25, -0.2) is 0 Å². The molecular weight excluding hydrogens is 280 g/mol. The molecule has 0 saturated carbocycles. The van der Waals surface area contributed by atoms with E-state index in [1.165, 1.54) is 4.90 Å². The summed E-state index contributed by atoms with van der Waals surface area (Å²) in [6.07, 6.45) is 0.710. The summed E-state index contributed by atoms with van der Waals surface area (Å²) in [5, 5.41) is 2.62. The van der Waals surface area contributed by atoms with E-state index in [9.17, 15) is 14.4 Å². The van der Waals surface area contributed by atoms with Crippen LogP contribution in [0, 0.1) is 0 Å². The summed E-state index contributed by atoms with van der Waals surface area (Å²) in [5.41, 5.74) is 2.31. The number of amides is 3. The Balaban J connectivity index is 1.96. The van der Waals surface area contributed by atoms with E-state index in [4.69, 9.17) is 0 Å². The molecule has 114 valence electrons. The lowest BCUT2D eigenvalue weighted by molar-refractivity contribution is -0.121. The van der Waals surface area contributed by atoms with E-state index in [0.717, 1.165) is 5.56 Å². The number of hydrogen-bond acceptors (Lipinski definition) is 3. The van der Waals surface area contributed by atoms with Crippen molar-refractivity contribution in [3.63, 3.8) is 0 Å². The molecule has 2 aliphatic rings. The quantitative estimate of drug-likeness (QED) is 0.851. The van der Waals surface area contributed by atoms with E-state index in [0.29, 0.717) is 23.2 Å². The number of fused-ring (bicyclic) bond motifs is 1. The van der Waals surface area contributed by atoms with Gasteiger partial charge in [0.15, 0.2) is 0 Å². The van der Waals surface area contributed by atoms with Gasteiger partial charge in [0.1, 0.15) is 0 Å². The molecule has 22 heavy (non-hydrogen) atoms. The fourth-order valence-corrected chi connectivity index (χ4v) is 2.97. The molecule has 1 saturated heterocycles. The SMILES string of the molecule is C=C1NC(=O)CCC1N1C(=O)c2ccc(C(C)C)cc2C1=O. The third-order valence-electron chi connectivity index (χ3n) is 4.27. The molecule has 2 aliphatic heterocycles. The molecule has 0 aliphatic carbocycles. The van der Waals surface area contributed by atoms with Crippen LogP contribution < -0.4 is 5.32 Å². The normalized spacial score (nSPS) is 21.4. The molecule has 0 radical (unpaired) electrons. The molecule has 1 atom stereocenters. The van der Waals surface area contributed by atoms with E-state index in [1.54, 1.807) is 12.1 Å². The fourth-order valence-electron chi connectivity index (χ4n) is 2.97. The second-order valence-corrected chi connectivity index (χ2v) is 6.07. The lowest BCUT2D eigenvalue weighted by Crippen LogP contribution is -2.48. The summed E-state index contributed by atoms with van der Waals surface area (Å²) in [6.45, 7) is 7.87. The highest BCUT2D eigenvalue weighted by Gasteiger charge is 2.42. The standard InChI is InChI=1S/C17H18N2O3/c1-9(2)11-4-5-12-13(8-11)17(22)19(16(12)21)14-6-7-15(20)18-10(14)3/h4-5,8-9,14H,3,6-7H2,1-2H3,(H,18,20). The van der Waals surface area contributed by atoms with E-state index in [1.807, 2.05) is 19.9 Å². The highest BCUT2D eigenvalue weighted by atomic mass is 16.2. The number of nitrogens with one attached hydrogen (secondary N) is 1. The zero-order valence-corrected chi connectivity index (χ0v) is 12.7. The lowest BCUT2D eigenvalue weighted by atomic mass is 9.98. The van der Waals surface area contributed by atoms with E-state index in [2.05, 4.69) is 11.9 Å². The molecule has 2 heterocycles. The monoisotopic (exact) mass is 298 g/mol. The Kier molecular flexibility index (Phi) is 3.35. The Bertz CT molecular complexity index is 706. The maximum atomic E-state index is 12.7. The van der Waals surface area contributed by atoms with Gasteiger partial charge in [-0.3, -0.25) is 19.3 Å². The van der Waals surface area contributed by atoms with Gasteiger partial charge in [0.2, 0.25) is 5.91 Å². The summed E-state index contributed by atoms with van der Waals surface area (Å²) >= 11 is 0. The largest absolute Gasteiger partial charge is 0.328 e. The third kappa shape index (κ3) is 2.13. The molecule has 0 aromatic heterocycles. The predicted octanol–water partition coefficient (Wildman–Crippen LogP) is 2.20. The molecule has 1 aromatic carbocycles. The molecule has 1 N–H and O–H groups in total. The highest BCUT2D eigenvalue weighted by molar-refractivity contribution is 6.21. The van der Waals surface area contributed by atoms with Crippen molar-refractivity contribution in [3.8, 4) is 0 Å². The van der Waals surface area contributed by atoms with Crippen molar-refractivity contribution in [1.29, 1.82) is 0 Å². The van der Waals surface area contributed by atoms with Gasteiger partial charge in [0, 0.05) is 12.1 Å². The molecule has 3 rings (SSSR count). The second kappa shape index (κ2) is 5.09. The van der Waals surface area contributed by atoms with Crippen molar-refractivity contribution in [1.82, 2.24) is 10.2 Å². The van der Waals surface area contributed by atoms with Crippen LogP contribution in [-0.4, -0.2) is 28.7 Å². The van der Waals surface area contributed by atoms with Gasteiger partial charge in [-0.05, 0) is 30.0 Å². The van der Waals surface area contributed by atoms with Gasteiger partial charge in [0.05, 0.1) is 17.2 Å². The van der Waals surface area contributed by atoms with Gasteiger partial charge in [-0.1, -0.05) is 26.5 Å². The molecule has 1 unspecified atom stereocenters. The van der Waals surface area contributed by atoms with Crippen LogP contribution in [-0.2, 0) is 4.79 Å². The van der Waals surface area contributed by atoms with Crippen LogP contribution >= 0.6 is 0 Å². The zero-order valence-electron chi connectivity index (χ0n) is 12.7. The molecule has 3 amide bonds. The van der Waals surface area contributed by atoms with Crippen molar-refractivity contribution >= 4 is 17.7 Å². The van der Waals surface area contributed by atoms with Gasteiger partial charge >= 0.3 is 0 Å². The molecule has 5 nitrogen and oxygen atoms in total. The first-order chi connectivity index (χ1) is 10.4. The number of piperidine rings is 1. The van der Waals surface area contributed by atoms with Crippen molar-refractivity contribution in [2.45, 2.75) is 38.6 Å². The molecule has 0 bridgehead atoms. The first-order valence-electron chi connectivity index (χ1n) is 7.40. The number of hydrogen-bond donors (Lipinski definition) is 1. The van der Waals surface area contributed by atoms with Crippen LogP contribution in [0.3, 0.4) is 0 Å². The average Bonchev–Trinajstić information content (AvgIpc) is 2.71. The number of benzene rings is 1. The Hall–Kier alpha value is -2.43. The predicted molar refractivity (Wildman–Crippen MR) is 81.3 cm³/mol.